The summed E-state index contributed by atoms with van der Waals surface area (Å²) in [4.78, 5) is 41.1. The average molecular weight is 625 g/mol. The molecule has 46 heavy (non-hydrogen) atoms. The van der Waals surface area contributed by atoms with Crippen LogP contribution in [0.5, 0.6) is 0 Å². The lowest BCUT2D eigenvalue weighted by Crippen LogP contribution is -2.36. The summed E-state index contributed by atoms with van der Waals surface area (Å²) in [5.74, 6) is -0.741. The van der Waals surface area contributed by atoms with Gasteiger partial charge in [-0.3, -0.25) is 24.0 Å². The first-order valence-corrected chi connectivity index (χ1v) is 14.7. The van der Waals surface area contributed by atoms with Crippen molar-refractivity contribution in [3.63, 3.8) is 0 Å². The van der Waals surface area contributed by atoms with Gasteiger partial charge in [0.1, 0.15) is 18.1 Å². The molecule has 5 aromatic rings. The highest BCUT2D eigenvalue weighted by atomic mass is 19.1. The number of anilines is 2. The van der Waals surface area contributed by atoms with Crippen LogP contribution in [0.25, 0.3) is 33.3 Å². The minimum atomic E-state index is -0.702. The molecule has 0 saturated carbocycles. The lowest BCUT2D eigenvalue weighted by molar-refractivity contribution is -0.142. The number of aromatic nitrogens is 6. The van der Waals surface area contributed by atoms with Gasteiger partial charge in [-0.1, -0.05) is 24.3 Å². The number of benzene rings is 2. The summed E-state index contributed by atoms with van der Waals surface area (Å²) in [6.07, 6.45) is 2.59. The van der Waals surface area contributed by atoms with Crippen molar-refractivity contribution in [2.45, 2.75) is 33.4 Å². The van der Waals surface area contributed by atoms with Gasteiger partial charge in [-0.05, 0) is 56.3 Å². The second kappa shape index (κ2) is 12.2. The SMILES string of the molecule is C=C(C)c1cc(F)c2c(=O)n(-c3cccc(-c4cc(Nc5cc(CN6CCC6)n(C)n5)c(=O)n(C)n4)c3COC(C)=O)ncc2c1. The van der Waals surface area contributed by atoms with Gasteiger partial charge < -0.3 is 10.1 Å². The van der Waals surface area contributed by atoms with E-state index in [2.05, 4.69) is 32.1 Å². The zero-order chi connectivity index (χ0) is 32.7. The van der Waals surface area contributed by atoms with Crippen LogP contribution in [0.2, 0.25) is 0 Å². The van der Waals surface area contributed by atoms with Gasteiger partial charge in [0, 0.05) is 50.1 Å². The molecule has 6 rings (SSSR count). The summed E-state index contributed by atoms with van der Waals surface area (Å²) in [5.41, 5.74) is 2.85. The summed E-state index contributed by atoms with van der Waals surface area (Å²) < 4.78 is 24.7. The minimum Gasteiger partial charge on any atom is -0.461 e. The Labute approximate surface area is 263 Å². The molecule has 0 atom stereocenters. The molecule has 0 spiro atoms. The van der Waals surface area contributed by atoms with Crippen LogP contribution >= 0.6 is 0 Å². The van der Waals surface area contributed by atoms with Crippen LogP contribution < -0.4 is 16.4 Å². The maximum atomic E-state index is 15.3. The minimum absolute atomic E-state index is 0.139. The Balaban J connectivity index is 1.45. The van der Waals surface area contributed by atoms with E-state index >= 15 is 4.39 Å². The Morgan fingerprint density at radius 1 is 1.04 bits per heavy atom. The average Bonchev–Trinajstić information content (AvgIpc) is 3.34. The summed E-state index contributed by atoms with van der Waals surface area (Å²) in [5, 5.41) is 16.7. The fraction of sp³-hybridized carbons (Fsp3) is 0.273. The summed E-state index contributed by atoms with van der Waals surface area (Å²) in [7, 11) is 3.38. The van der Waals surface area contributed by atoms with Crippen LogP contribution in [-0.2, 0) is 36.8 Å². The lowest BCUT2D eigenvalue weighted by Gasteiger charge is -2.30. The molecule has 0 aliphatic carbocycles. The summed E-state index contributed by atoms with van der Waals surface area (Å²) in [6.45, 7) is 9.49. The van der Waals surface area contributed by atoms with E-state index in [0.717, 1.165) is 30.0 Å². The molecule has 3 aromatic heterocycles. The molecule has 0 amide bonds. The van der Waals surface area contributed by atoms with E-state index in [-0.39, 0.29) is 28.9 Å². The third-order valence-electron chi connectivity index (χ3n) is 8.04. The molecular formula is C33H33FN8O4. The standard InChI is InChI=1S/C33H33FN8O4/c1-19(2)21-12-22-16-35-42(33(45)31(22)26(34)13-21)29-9-6-8-24(25(29)18-46-20(3)43)27-15-28(32(44)40(5)37-27)36-30-14-23(39(4)38-30)17-41-10-7-11-41/h6,8-9,12-16H,1,7,10-11,17-18H2,2-5H3,(H,36,38). The first-order chi connectivity index (χ1) is 22.0. The highest BCUT2D eigenvalue weighted by molar-refractivity contribution is 5.85. The molecule has 236 valence electrons. The maximum absolute atomic E-state index is 15.3. The first kappa shape index (κ1) is 30.6. The van der Waals surface area contributed by atoms with Crippen molar-refractivity contribution in [3.05, 3.63) is 98.6 Å². The van der Waals surface area contributed by atoms with E-state index < -0.39 is 17.3 Å². The smallest absolute Gasteiger partial charge is 0.302 e. The number of fused-ring (bicyclic) bond motifs is 1. The van der Waals surface area contributed by atoms with Crippen molar-refractivity contribution in [1.82, 2.24) is 34.2 Å². The van der Waals surface area contributed by atoms with E-state index in [9.17, 15) is 14.4 Å². The van der Waals surface area contributed by atoms with Gasteiger partial charge in [0.05, 0.1) is 28.7 Å². The van der Waals surface area contributed by atoms with Crippen molar-refractivity contribution in [1.29, 1.82) is 0 Å². The Morgan fingerprint density at radius 3 is 2.52 bits per heavy atom. The van der Waals surface area contributed by atoms with E-state index in [1.807, 2.05) is 13.1 Å². The Morgan fingerprint density at radius 2 is 1.83 bits per heavy atom. The number of nitrogens with one attached hydrogen (secondary N) is 1. The van der Waals surface area contributed by atoms with Crippen LogP contribution in [0.4, 0.5) is 15.9 Å². The van der Waals surface area contributed by atoms with Gasteiger partial charge in [-0.2, -0.15) is 20.0 Å². The van der Waals surface area contributed by atoms with Crippen molar-refractivity contribution in [3.8, 4) is 16.9 Å². The quantitative estimate of drug-likeness (QED) is 0.241. The highest BCUT2D eigenvalue weighted by Crippen LogP contribution is 2.30. The molecule has 0 bridgehead atoms. The first-order valence-electron chi connectivity index (χ1n) is 14.7. The topological polar surface area (TPSA) is 129 Å². The third kappa shape index (κ3) is 5.84. The maximum Gasteiger partial charge on any atom is 0.302 e. The van der Waals surface area contributed by atoms with E-state index in [0.29, 0.717) is 39.2 Å². The van der Waals surface area contributed by atoms with Gasteiger partial charge in [-0.15, -0.1) is 0 Å². The molecule has 0 unspecified atom stereocenters. The normalized spacial score (nSPS) is 13.1. The second-order valence-electron chi connectivity index (χ2n) is 11.4. The molecule has 2 aromatic carbocycles. The van der Waals surface area contributed by atoms with E-state index in [4.69, 9.17) is 4.74 Å². The number of esters is 1. The summed E-state index contributed by atoms with van der Waals surface area (Å²) in [6, 6.07) is 11.5. The van der Waals surface area contributed by atoms with Crippen molar-refractivity contribution in [2.75, 3.05) is 18.4 Å². The molecule has 4 heterocycles. The van der Waals surface area contributed by atoms with Crippen molar-refractivity contribution >= 4 is 33.8 Å². The van der Waals surface area contributed by atoms with Crippen LogP contribution in [-0.4, -0.2) is 53.3 Å². The predicted molar refractivity (Wildman–Crippen MR) is 172 cm³/mol. The van der Waals surface area contributed by atoms with Crippen molar-refractivity contribution < 1.29 is 13.9 Å². The molecule has 13 heteroatoms. The van der Waals surface area contributed by atoms with Crippen LogP contribution in [0.3, 0.4) is 0 Å². The number of hydrogen-bond acceptors (Lipinski definition) is 9. The van der Waals surface area contributed by atoms with Gasteiger partial charge in [0.2, 0.25) is 0 Å². The zero-order valence-corrected chi connectivity index (χ0v) is 26.0. The number of ether oxygens (including phenoxy) is 1. The van der Waals surface area contributed by atoms with Gasteiger partial charge in [-0.25, -0.2) is 9.07 Å². The van der Waals surface area contributed by atoms with Crippen LogP contribution in [0, 0.1) is 5.82 Å². The molecule has 1 saturated heterocycles. The fourth-order valence-electron chi connectivity index (χ4n) is 5.44. The van der Waals surface area contributed by atoms with Crippen LogP contribution in [0.15, 0.2) is 64.8 Å². The Hall–Kier alpha value is -5.43. The molecule has 0 radical (unpaired) electrons. The monoisotopic (exact) mass is 624 g/mol. The van der Waals surface area contributed by atoms with Gasteiger partial charge in [0.15, 0.2) is 5.82 Å². The number of carbonyl (C=O) groups is 1. The number of allylic oxidation sites excluding steroid dienone is 1. The van der Waals surface area contributed by atoms with E-state index in [1.54, 1.807) is 41.9 Å². The molecule has 12 nitrogen and oxygen atoms in total. The number of nitrogens with zero attached hydrogens (tertiary/aromatic N) is 7. The molecule has 1 aliphatic rings. The zero-order valence-electron chi connectivity index (χ0n) is 26.0. The summed E-state index contributed by atoms with van der Waals surface area (Å²) >= 11 is 0. The molecule has 1 fully saturated rings. The number of likely N-dealkylation sites (tertiary alicyclic amines) is 1. The number of aryl methyl sites for hydroxylation is 2. The highest BCUT2D eigenvalue weighted by Gasteiger charge is 2.21. The molecular weight excluding hydrogens is 591 g/mol. The Kier molecular flexibility index (Phi) is 8.09. The number of rotatable bonds is 9. The third-order valence-corrected chi connectivity index (χ3v) is 8.04. The number of hydrogen-bond donors (Lipinski definition) is 1. The molecule has 1 aliphatic heterocycles. The number of halogens is 1. The lowest BCUT2D eigenvalue weighted by atomic mass is 10.0. The van der Waals surface area contributed by atoms with Gasteiger partial charge >= 0.3 is 5.97 Å². The van der Waals surface area contributed by atoms with Crippen molar-refractivity contribution in [2.24, 2.45) is 14.1 Å². The molecule has 1 N–H and O–H groups in total. The second-order valence-corrected chi connectivity index (χ2v) is 11.4. The van der Waals surface area contributed by atoms with Crippen LogP contribution in [0.1, 0.15) is 37.1 Å². The predicted octanol–water partition coefficient (Wildman–Crippen LogP) is 4.06. The largest absolute Gasteiger partial charge is 0.461 e. The fourth-order valence-corrected chi connectivity index (χ4v) is 5.44. The Bertz CT molecular complexity index is 2140. The van der Waals surface area contributed by atoms with Gasteiger partial charge in [0.25, 0.3) is 11.1 Å². The number of carbonyl (C=O) groups excluding carboxylic acids is 1. The van der Waals surface area contributed by atoms with E-state index in [1.165, 1.54) is 37.3 Å².